The zero-order valence-corrected chi connectivity index (χ0v) is 7.64. The van der Waals surface area contributed by atoms with Gasteiger partial charge in [0.2, 0.25) is 5.91 Å². The molecule has 80 valence electrons. The maximum atomic E-state index is 11.9. The van der Waals surface area contributed by atoms with E-state index in [1.807, 2.05) is 0 Å². The minimum absolute atomic E-state index is 0.524. The lowest BCUT2D eigenvalue weighted by molar-refractivity contribution is -0.158. The Balaban J connectivity index is 2.48. The van der Waals surface area contributed by atoms with E-state index in [9.17, 15) is 18.0 Å². The van der Waals surface area contributed by atoms with Crippen LogP contribution in [0.15, 0.2) is 12.2 Å². The first-order valence-electron chi connectivity index (χ1n) is 4.12. The molecule has 0 aromatic heterocycles. The standard InChI is InChI=1S/C8H11F3N2O/c1-13(5-8(9,10)11)7(14)6-3-2-4-12-6/h2-3,6,12H,4-5H2,1H3. The van der Waals surface area contributed by atoms with Crippen molar-refractivity contribution in [3.8, 4) is 0 Å². The van der Waals surface area contributed by atoms with Gasteiger partial charge in [0.1, 0.15) is 12.6 Å². The van der Waals surface area contributed by atoms with Crippen LogP contribution in [0.1, 0.15) is 0 Å². The molecule has 0 saturated heterocycles. The molecule has 14 heavy (non-hydrogen) atoms. The van der Waals surface area contributed by atoms with Crippen molar-refractivity contribution in [2.75, 3.05) is 20.1 Å². The van der Waals surface area contributed by atoms with Gasteiger partial charge in [-0.25, -0.2) is 0 Å². The van der Waals surface area contributed by atoms with Gasteiger partial charge in [0.25, 0.3) is 0 Å². The van der Waals surface area contributed by atoms with E-state index in [4.69, 9.17) is 0 Å². The molecule has 0 bridgehead atoms. The van der Waals surface area contributed by atoms with E-state index < -0.39 is 24.7 Å². The van der Waals surface area contributed by atoms with Crippen LogP contribution in [0.5, 0.6) is 0 Å². The number of rotatable bonds is 2. The number of likely N-dealkylation sites (N-methyl/N-ethyl adjacent to an activating group) is 1. The number of alkyl halides is 3. The van der Waals surface area contributed by atoms with Crippen molar-refractivity contribution in [1.29, 1.82) is 0 Å². The van der Waals surface area contributed by atoms with E-state index >= 15 is 0 Å². The highest BCUT2D eigenvalue weighted by Crippen LogP contribution is 2.16. The molecule has 1 aliphatic heterocycles. The molecule has 0 radical (unpaired) electrons. The summed E-state index contributed by atoms with van der Waals surface area (Å²) in [5, 5.41) is 2.75. The van der Waals surface area contributed by atoms with Crippen molar-refractivity contribution in [2.45, 2.75) is 12.2 Å². The molecule has 1 aliphatic rings. The third kappa shape index (κ3) is 3.02. The van der Waals surface area contributed by atoms with Gasteiger partial charge in [-0.05, 0) is 0 Å². The Morgan fingerprint density at radius 1 is 1.64 bits per heavy atom. The van der Waals surface area contributed by atoms with Gasteiger partial charge < -0.3 is 4.90 Å². The number of nitrogens with one attached hydrogen (secondary N) is 1. The molecule has 1 unspecified atom stereocenters. The first-order chi connectivity index (χ1) is 6.40. The van der Waals surface area contributed by atoms with E-state index in [-0.39, 0.29) is 0 Å². The summed E-state index contributed by atoms with van der Waals surface area (Å²) >= 11 is 0. The number of carbonyl (C=O) groups is 1. The lowest BCUT2D eigenvalue weighted by Crippen LogP contribution is -2.45. The molecule has 0 saturated carbocycles. The predicted octanol–water partition coefficient (Wildman–Crippen LogP) is 0.535. The van der Waals surface area contributed by atoms with Gasteiger partial charge in [-0.15, -0.1) is 0 Å². The summed E-state index contributed by atoms with van der Waals surface area (Å²) in [6.45, 7) is -0.686. The van der Waals surface area contributed by atoms with E-state index in [0.29, 0.717) is 11.4 Å². The highest BCUT2D eigenvalue weighted by atomic mass is 19.4. The normalized spacial score (nSPS) is 21.3. The van der Waals surface area contributed by atoms with Crippen molar-refractivity contribution in [2.24, 2.45) is 0 Å². The summed E-state index contributed by atoms with van der Waals surface area (Å²) in [6.07, 6.45) is -1.06. The topological polar surface area (TPSA) is 32.3 Å². The fourth-order valence-electron chi connectivity index (χ4n) is 1.22. The molecule has 1 N–H and O–H groups in total. The van der Waals surface area contributed by atoms with Crippen LogP contribution in [0.25, 0.3) is 0 Å². The third-order valence-electron chi connectivity index (χ3n) is 1.84. The fraction of sp³-hybridized carbons (Fsp3) is 0.625. The van der Waals surface area contributed by atoms with Crippen LogP contribution in [0.2, 0.25) is 0 Å². The van der Waals surface area contributed by atoms with E-state index in [1.165, 1.54) is 0 Å². The van der Waals surface area contributed by atoms with Crippen molar-refractivity contribution in [3.05, 3.63) is 12.2 Å². The second-order valence-corrected chi connectivity index (χ2v) is 3.12. The molecule has 0 aromatic carbocycles. The summed E-state index contributed by atoms with van der Waals surface area (Å²) in [7, 11) is 1.14. The van der Waals surface area contributed by atoms with Gasteiger partial charge in [0, 0.05) is 13.6 Å². The third-order valence-corrected chi connectivity index (χ3v) is 1.84. The van der Waals surface area contributed by atoms with E-state index in [0.717, 1.165) is 7.05 Å². The summed E-state index contributed by atoms with van der Waals surface area (Å²) < 4.78 is 35.8. The summed E-state index contributed by atoms with van der Waals surface area (Å²) in [6, 6.07) is -0.609. The zero-order chi connectivity index (χ0) is 10.8. The Labute approximate surface area is 79.6 Å². The molecular formula is C8H11F3N2O. The lowest BCUT2D eigenvalue weighted by Gasteiger charge is -2.21. The second kappa shape index (κ2) is 4.00. The minimum Gasteiger partial charge on any atom is -0.335 e. The average Bonchev–Trinajstić information content (AvgIpc) is 2.51. The number of halogens is 3. The molecule has 0 aliphatic carbocycles. The van der Waals surface area contributed by atoms with Gasteiger partial charge in [-0.2, -0.15) is 13.2 Å². The Hall–Kier alpha value is -1.04. The monoisotopic (exact) mass is 208 g/mol. The Bertz CT molecular complexity index is 249. The number of hydrogen-bond acceptors (Lipinski definition) is 2. The molecule has 0 fully saturated rings. The van der Waals surface area contributed by atoms with Crippen LogP contribution in [0.3, 0.4) is 0 Å². The molecule has 0 aromatic rings. The molecule has 3 nitrogen and oxygen atoms in total. The quantitative estimate of drug-likeness (QED) is 0.671. The SMILES string of the molecule is CN(CC(F)(F)F)C(=O)C1C=CCN1. The van der Waals surface area contributed by atoms with E-state index in [2.05, 4.69) is 5.32 Å². The van der Waals surface area contributed by atoms with Crippen LogP contribution in [-0.4, -0.2) is 43.2 Å². The number of carbonyl (C=O) groups excluding carboxylic acids is 1. The first-order valence-corrected chi connectivity index (χ1v) is 4.12. The van der Waals surface area contributed by atoms with Crippen LogP contribution >= 0.6 is 0 Å². The molecule has 1 rings (SSSR count). The first kappa shape index (κ1) is 11.0. The molecule has 1 amide bonds. The predicted molar refractivity (Wildman–Crippen MR) is 44.6 cm³/mol. The van der Waals surface area contributed by atoms with Gasteiger partial charge in [0.15, 0.2) is 0 Å². The summed E-state index contributed by atoms with van der Waals surface area (Å²) in [5.41, 5.74) is 0. The molecule has 1 atom stereocenters. The number of nitrogens with zero attached hydrogens (tertiary/aromatic N) is 1. The van der Waals surface area contributed by atoms with Crippen LogP contribution < -0.4 is 5.32 Å². The minimum atomic E-state index is -4.34. The van der Waals surface area contributed by atoms with Crippen molar-refractivity contribution < 1.29 is 18.0 Å². The van der Waals surface area contributed by atoms with Crippen LogP contribution in [0, 0.1) is 0 Å². The maximum Gasteiger partial charge on any atom is 0.406 e. The lowest BCUT2D eigenvalue weighted by atomic mass is 10.3. The largest absolute Gasteiger partial charge is 0.406 e. The van der Waals surface area contributed by atoms with Crippen molar-refractivity contribution >= 4 is 5.91 Å². The fourth-order valence-corrected chi connectivity index (χ4v) is 1.22. The Morgan fingerprint density at radius 2 is 2.29 bits per heavy atom. The van der Waals surface area contributed by atoms with Crippen LogP contribution in [0.4, 0.5) is 13.2 Å². The molecule has 6 heteroatoms. The zero-order valence-electron chi connectivity index (χ0n) is 7.64. The summed E-state index contributed by atoms with van der Waals surface area (Å²) in [4.78, 5) is 12.0. The second-order valence-electron chi connectivity index (χ2n) is 3.12. The molecule has 0 spiro atoms. The molecule has 1 heterocycles. The smallest absolute Gasteiger partial charge is 0.335 e. The highest BCUT2D eigenvalue weighted by Gasteiger charge is 2.33. The number of hydrogen-bond donors (Lipinski definition) is 1. The van der Waals surface area contributed by atoms with Crippen LogP contribution in [-0.2, 0) is 4.79 Å². The summed E-state index contributed by atoms with van der Waals surface area (Å²) in [5.74, 6) is -0.559. The Kier molecular flexibility index (Phi) is 3.15. The van der Waals surface area contributed by atoms with Gasteiger partial charge >= 0.3 is 6.18 Å². The van der Waals surface area contributed by atoms with Gasteiger partial charge in [-0.3, -0.25) is 10.1 Å². The van der Waals surface area contributed by atoms with E-state index in [1.54, 1.807) is 12.2 Å². The Morgan fingerprint density at radius 3 is 2.71 bits per heavy atom. The maximum absolute atomic E-state index is 11.9. The highest BCUT2D eigenvalue weighted by molar-refractivity contribution is 5.84. The number of amides is 1. The average molecular weight is 208 g/mol. The van der Waals surface area contributed by atoms with Gasteiger partial charge in [0.05, 0.1) is 0 Å². The van der Waals surface area contributed by atoms with Gasteiger partial charge in [-0.1, -0.05) is 12.2 Å². The molecular weight excluding hydrogens is 197 g/mol. The van der Waals surface area contributed by atoms with Crippen molar-refractivity contribution in [1.82, 2.24) is 10.2 Å². The van der Waals surface area contributed by atoms with Crippen molar-refractivity contribution in [3.63, 3.8) is 0 Å².